The van der Waals surface area contributed by atoms with Gasteiger partial charge in [-0.1, -0.05) is 36.4 Å². The van der Waals surface area contributed by atoms with Crippen molar-refractivity contribution in [1.29, 1.82) is 0 Å². The van der Waals surface area contributed by atoms with Gasteiger partial charge < -0.3 is 10.2 Å². The van der Waals surface area contributed by atoms with Crippen LogP contribution in [0.2, 0.25) is 0 Å². The lowest BCUT2D eigenvalue weighted by atomic mass is 9.90. The first-order chi connectivity index (χ1) is 14.3. The highest BCUT2D eigenvalue weighted by molar-refractivity contribution is 5.94. The molecule has 0 bridgehead atoms. The van der Waals surface area contributed by atoms with E-state index in [9.17, 15) is 4.79 Å². The van der Waals surface area contributed by atoms with Crippen LogP contribution >= 0.6 is 0 Å². The second-order valence-corrected chi connectivity index (χ2v) is 7.57. The highest BCUT2D eigenvalue weighted by atomic mass is 16.2. The molecule has 1 amide bonds. The van der Waals surface area contributed by atoms with Crippen LogP contribution in [0.4, 0.5) is 5.82 Å². The number of carbonyl (C=O) groups is 1. The maximum atomic E-state index is 13.0. The van der Waals surface area contributed by atoms with Crippen molar-refractivity contribution in [3.05, 3.63) is 89.9 Å². The van der Waals surface area contributed by atoms with E-state index in [-0.39, 0.29) is 5.91 Å². The van der Waals surface area contributed by atoms with E-state index >= 15 is 0 Å². The molecule has 0 radical (unpaired) electrons. The Labute approximate surface area is 171 Å². The smallest absolute Gasteiger partial charge is 0.254 e. The number of benzene rings is 1. The van der Waals surface area contributed by atoms with Crippen molar-refractivity contribution in [2.75, 3.05) is 18.4 Å². The average Bonchev–Trinajstić information content (AvgIpc) is 2.79. The summed E-state index contributed by atoms with van der Waals surface area (Å²) < 4.78 is 0. The molecule has 1 saturated heterocycles. The lowest BCUT2D eigenvalue weighted by Crippen LogP contribution is -2.38. The zero-order valence-corrected chi connectivity index (χ0v) is 16.5. The summed E-state index contributed by atoms with van der Waals surface area (Å²) in [6.07, 6.45) is 8.48. The predicted molar refractivity (Wildman–Crippen MR) is 115 cm³/mol. The largest absolute Gasteiger partial charge is 0.366 e. The fourth-order valence-corrected chi connectivity index (χ4v) is 3.83. The quantitative estimate of drug-likeness (QED) is 0.690. The van der Waals surface area contributed by atoms with Gasteiger partial charge in [0, 0.05) is 43.8 Å². The number of aromatic nitrogens is 2. The molecule has 1 aliphatic heterocycles. The van der Waals surface area contributed by atoms with Crippen molar-refractivity contribution in [2.24, 2.45) is 5.92 Å². The van der Waals surface area contributed by atoms with Gasteiger partial charge in [-0.05, 0) is 54.5 Å². The summed E-state index contributed by atoms with van der Waals surface area (Å²) in [5, 5.41) is 3.27. The number of likely N-dealkylation sites (tertiary alicyclic amines) is 1. The monoisotopic (exact) mass is 386 g/mol. The zero-order chi connectivity index (χ0) is 19.9. The van der Waals surface area contributed by atoms with Gasteiger partial charge in [-0.2, -0.15) is 0 Å². The molecule has 148 valence electrons. The molecule has 3 heterocycles. The van der Waals surface area contributed by atoms with Gasteiger partial charge in [0.05, 0.1) is 0 Å². The Morgan fingerprint density at radius 3 is 2.55 bits per heavy atom. The van der Waals surface area contributed by atoms with Crippen LogP contribution in [-0.4, -0.2) is 33.9 Å². The molecule has 1 aliphatic rings. The van der Waals surface area contributed by atoms with E-state index in [4.69, 9.17) is 0 Å². The molecular weight excluding hydrogens is 360 g/mol. The molecule has 1 aromatic carbocycles. The number of nitrogens with zero attached hydrogens (tertiary/aromatic N) is 3. The number of nitrogens with one attached hydrogen (secondary N) is 1. The number of hydrogen-bond donors (Lipinski definition) is 1. The number of pyridine rings is 2. The van der Waals surface area contributed by atoms with E-state index in [0.717, 1.165) is 37.9 Å². The lowest BCUT2D eigenvalue weighted by molar-refractivity contribution is 0.0690. The van der Waals surface area contributed by atoms with Crippen molar-refractivity contribution < 1.29 is 4.79 Å². The Morgan fingerprint density at radius 2 is 1.79 bits per heavy atom. The first-order valence-corrected chi connectivity index (χ1v) is 10.2. The van der Waals surface area contributed by atoms with Crippen molar-refractivity contribution in [3.63, 3.8) is 0 Å². The fourth-order valence-electron chi connectivity index (χ4n) is 3.83. The SMILES string of the molecule is O=C(c1ccnc(NCc2cccnc2)c1)N1CCC(Cc2ccccc2)CC1. The van der Waals surface area contributed by atoms with Crippen LogP contribution in [0.3, 0.4) is 0 Å². The van der Waals surface area contributed by atoms with Gasteiger partial charge in [-0.15, -0.1) is 0 Å². The number of amides is 1. The minimum atomic E-state index is 0.0926. The summed E-state index contributed by atoms with van der Waals surface area (Å²) in [6, 6.07) is 18.2. The summed E-state index contributed by atoms with van der Waals surface area (Å²) in [6.45, 7) is 2.26. The molecule has 1 N–H and O–H groups in total. The number of carbonyl (C=O) groups excluding carboxylic acids is 1. The Balaban J connectivity index is 1.31. The molecule has 3 aromatic rings. The van der Waals surface area contributed by atoms with Gasteiger partial charge in [0.25, 0.3) is 5.91 Å². The summed E-state index contributed by atoms with van der Waals surface area (Å²) >= 11 is 0. The van der Waals surface area contributed by atoms with Crippen molar-refractivity contribution in [2.45, 2.75) is 25.8 Å². The lowest BCUT2D eigenvalue weighted by Gasteiger charge is -2.32. The molecule has 0 aliphatic carbocycles. The van der Waals surface area contributed by atoms with Crippen molar-refractivity contribution in [1.82, 2.24) is 14.9 Å². The number of hydrogen-bond acceptors (Lipinski definition) is 4. The standard InChI is InChI=1S/C24H26N4O/c29-24(28-13-9-20(10-14-28)15-19-5-2-1-3-6-19)22-8-12-26-23(16-22)27-18-21-7-4-11-25-17-21/h1-8,11-12,16-17,20H,9-10,13-15,18H2,(H,26,27). The third-order valence-corrected chi connectivity index (χ3v) is 5.47. The Kier molecular flexibility index (Phi) is 6.15. The third-order valence-electron chi connectivity index (χ3n) is 5.47. The van der Waals surface area contributed by atoms with Gasteiger partial charge in [0.15, 0.2) is 0 Å². The predicted octanol–water partition coefficient (Wildman–Crippen LogP) is 4.18. The summed E-state index contributed by atoms with van der Waals surface area (Å²) in [5.74, 6) is 1.45. The average molecular weight is 386 g/mol. The maximum absolute atomic E-state index is 13.0. The van der Waals surface area contributed by atoms with E-state index in [1.807, 2.05) is 29.3 Å². The van der Waals surface area contributed by atoms with E-state index in [0.29, 0.717) is 23.8 Å². The van der Waals surface area contributed by atoms with E-state index in [2.05, 4.69) is 45.6 Å². The summed E-state index contributed by atoms with van der Waals surface area (Å²) in [4.78, 5) is 23.4. The highest BCUT2D eigenvalue weighted by Gasteiger charge is 2.24. The van der Waals surface area contributed by atoms with Crippen LogP contribution in [0.25, 0.3) is 0 Å². The molecule has 4 rings (SSSR count). The van der Waals surface area contributed by atoms with Crippen LogP contribution in [0, 0.1) is 5.92 Å². The number of rotatable bonds is 6. The molecule has 5 nitrogen and oxygen atoms in total. The van der Waals surface area contributed by atoms with Crippen LogP contribution in [-0.2, 0) is 13.0 Å². The normalized spacial score (nSPS) is 14.6. The van der Waals surface area contributed by atoms with Gasteiger partial charge in [0.2, 0.25) is 0 Å². The van der Waals surface area contributed by atoms with Gasteiger partial charge in [-0.25, -0.2) is 4.98 Å². The third kappa shape index (κ3) is 5.19. The van der Waals surface area contributed by atoms with E-state index in [1.165, 1.54) is 5.56 Å². The molecule has 0 atom stereocenters. The van der Waals surface area contributed by atoms with Crippen molar-refractivity contribution in [3.8, 4) is 0 Å². The Hall–Kier alpha value is -3.21. The minimum absolute atomic E-state index is 0.0926. The number of piperidine rings is 1. The molecule has 2 aromatic heterocycles. The van der Waals surface area contributed by atoms with Gasteiger partial charge >= 0.3 is 0 Å². The molecule has 0 saturated carbocycles. The first-order valence-electron chi connectivity index (χ1n) is 10.2. The van der Waals surface area contributed by atoms with E-state index in [1.54, 1.807) is 18.5 Å². The van der Waals surface area contributed by atoms with Crippen LogP contribution in [0.1, 0.15) is 34.3 Å². The number of anilines is 1. The topological polar surface area (TPSA) is 58.1 Å². The minimum Gasteiger partial charge on any atom is -0.366 e. The molecule has 0 unspecified atom stereocenters. The first kappa shape index (κ1) is 19.1. The van der Waals surface area contributed by atoms with Crippen LogP contribution < -0.4 is 5.32 Å². The molecular formula is C24H26N4O. The molecule has 29 heavy (non-hydrogen) atoms. The fraction of sp³-hybridized carbons (Fsp3) is 0.292. The van der Waals surface area contributed by atoms with Crippen LogP contribution in [0.5, 0.6) is 0 Å². The highest BCUT2D eigenvalue weighted by Crippen LogP contribution is 2.23. The van der Waals surface area contributed by atoms with Crippen molar-refractivity contribution >= 4 is 11.7 Å². The summed E-state index contributed by atoms with van der Waals surface area (Å²) in [7, 11) is 0. The van der Waals surface area contributed by atoms with Gasteiger partial charge in [-0.3, -0.25) is 9.78 Å². The molecule has 1 fully saturated rings. The van der Waals surface area contributed by atoms with E-state index < -0.39 is 0 Å². The Bertz CT molecular complexity index is 922. The second kappa shape index (κ2) is 9.32. The van der Waals surface area contributed by atoms with Gasteiger partial charge in [0.1, 0.15) is 5.82 Å². The Morgan fingerprint density at radius 1 is 1.00 bits per heavy atom. The molecule has 0 spiro atoms. The maximum Gasteiger partial charge on any atom is 0.254 e. The van der Waals surface area contributed by atoms with Crippen LogP contribution in [0.15, 0.2) is 73.2 Å². The molecule has 5 heteroatoms. The summed E-state index contributed by atoms with van der Waals surface area (Å²) in [5.41, 5.74) is 3.15. The second-order valence-electron chi connectivity index (χ2n) is 7.57. The zero-order valence-electron chi connectivity index (χ0n) is 16.5.